The van der Waals surface area contributed by atoms with Gasteiger partial charge in [0.2, 0.25) is 5.91 Å². The van der Waals surface area contributed by atoms with Gasteiger partial charge in [0.15, 0.2) is 0 Å². The van der Waals surface area contributed by atoms with Crippen LogP contribution in [0.15, 0.2) is 27.6 Å². The van der Waals surface area contributed by atoms with Crippen molar-refractivity contribution in [1.82, 2.24) is 4.90 Å². The number of likely N-dealkylation sites (tertiary alicyclic amines) is 1. The first-order valence-corrected chi connectivity index (χ1v) is 8.75. The molecule has 1 aromatic rings. The number of nitrogens with two attached hydrogens (primary N) is 1. The van der Waals surface area contributed by atoms with Gasteiger partial charge in [-0.1, -0.05) is 0 Å². The van der Waals surface area contributed by atoms with Gasteiger partial charge >= 0.3 is 0 Å². The van der Waals surface area contributed by atoms with Crippen LogP contribution in [-0.2, 0) is 15.6 Å². The summed E-state index contributed by atoms with van der Waals surface area (Å²) in [7, 11) is -1.37. The van der Waals surface area contributed by atoms with E-state index in [9.17, 15) is 9.00 Å². The van der Waals surface area contributed by atoms with Crippen LogP contribution in [0, 0.1) is 0 Å². The molecule has 20 heavy (non-hydrogen) atoms. The molecule has 1 heterocycles. The van der Waals surface area contributed by atoms with Gasteiger partial charge in [-0.25, -0.2) is 0 Å². The number of hydrogen-bond donors (Lipinski definition) is 1. The van der Waals surface area contributed by atoms with Gasteiger partial charge in [0, 0.05) is 23.2 Å². The number of amides is 1. The molecule has 110 valence electrons. The first-order valence-electron chi connectivity index (χ1n) is 6.75. The Morgan fingerprint density at radius 3 is 2.60 bits per heavy atom. The molecule has 2 rings (SSSR count). The second-order valence-corrected chi connectivity index (χ2v) is 7.61. The minimum Gasteiger partial charge on any atom is -0.399 e. The Bertz CT molecular complexity index is 530. The molecule has 0 spiro atoms. The van der Waals surface area contributed by atoms with Crippen molar-refractivity contribution in [3.63, 3.8) is 0 Å². The highest BCUT2D eigenvalue weighted by Crippen LogP contribution is 2.25. The highest BCUT2D eigenvalue weighted by molar-refractivity contribution is 9.10. The number of carbonyl (C=O) groups excluding carboxylic acids is 1. The van der Waals surface area contributed by atoms with E-state index in [4.69, 9.17) is 5.73 Å². The van der Waals surface area contributed by atoms with Gasteiger partial charge in [0.05, 0.1) is 15.7 Å². The van der Waals surface area contributed by atoms with Gasteiger partial charge in [-0.15, -0.1) is 0 Å². The number of halogens is 1. The molecule has 2 atom stereocenters. The van der Waals surface area contributed by atoms with Crippen molar-refractivity contribution in [1.29, 1.82) is 0 Å². The van der Waals surface area contributed by atoms with Gasteiger partial charge in [-0.05, 0) is 60.3 Å². The molecule has 1 amide bonds. The summed E-state index contributed by atoms with van der Waals surface area (Å²) in [5, 5.41) is -0.534. The molecule has 1 aromatic carbocycles. The van der Waals surface area contributed by atoms with E-state index in [1.165, 1.54) is 6.42 Å². The van der Waals surface area contributed by atoms with Gasteiger partial charge < -0.3 is 10.6 Å². The summed E-state index contributed by atoms with van der Waals surface area (Å²) in [6, 6.07) is 5.14. The molecule has 2 N–H and O–H groups in total. The lowest BCUT2D eigenvalue weighted by Crippen LogP contribution is -2.42. The van der Waals surface area contributed by atoms with Crippen LogP contribution < -0.4 is 5.73 Å². The summed E-state index contributed by atoms with van der Waals surface area (Å²) < 4.78 is 13.2. The average molecular weight is 359 g/mol. The SMILES string of the molecule is CC(C(=O)N1CCCCC1)S(=O)c1ccc(N)cc1Br. The Kier molecular flexibility index (Phi) is 5.21. The standard InChI is InChI=1S/C14H19BrN2O2S/c1-10(14(18)17-7-3-2-4-8-17)20(19)13-6-5-11(16)9-12(13)15/h5-6,9-10H,2-4,7-8,16H2,1H3. The molecular formula is C14H19BrN2O2S. The lowest BCUT2D eigenvalue weighted by molar-refractivity contribution is -0.131. The Balaban J connectivity index is 2.13. The smallest absolute Gasteiger partial charge is 0.238 e. The third-order valence-corrected chi connectivity index (χ3v) is 6.06. The van der Waals surface area contributed by atoms with Crippen molar-refractivity contribution in [2.24, 2.45) is 0 Å². The van der Waals surface area contributed by atoms with Crippen molar-refractivity contribution in [3.8, 4) is 0 Å². The van der Waals surface area contributed by atoms with Gasteiger partial charge in [0.1, 0.15) is 5.25 Å². The fourth-order valence-corrected chi connectivity index (χ4v) is 4.38. The molecule has 2 unspecified atom stereocenters. The molecule has 1 aliphatic rings. The van der Waals surface area contributed by atoms with Crippen LogP contribution in [0.5, 0.6) is 0 Å². The van der Waals surface area contributed by atoms with Crippen LogP contribution in [-0.4, -0.2) is 33.4 Å². The van der Waals surface area contributed by atoms with Crippen molar-refractivity contribution < 1.29 is 9.00 Å². The number of piperidine rings is 1. The first kappa shape index (κ1) is 15.5. The minimum absolute atomic E-state index is 0.0215. The summed E-state index contributed by atoms with van der Waals surface area (Å²) in [6.07, 6.45) is 3.25. The topological polar surface area (TPSA) is 63.4 Å². The molecular weight excluding hydrogens is 340 g/mol. The van der Waals surface area contributed by atoms with E-state index in [0.29, 0.717) is 15.1 Å². The number of benzene rings is 1. The van der Waals surface area contributed by atoms with Gasteiger partial charge in [-0.3, -0.25) is 9.00 Å². The number of nitrogens with zero attached hydrogens (tertiary/aromatic N) is 1. The van der Waals surface area contributed by atoms with E-state index in [2.05, 4.69) is 15.9 Å². The lowest BCUT2D eigenvalue weighted by Gasteiger charge is -2.29. The lowest BCUT2D eigenvalue weighted by atomic mass is 10.1. The largest absolute Gasteiger partial charge is 0.399 e. The minimum atomic E-state index is -1.37. The van der Waals surface area contributed by atoms with E-state index < -0.39 is 16.0 Å². The van der Waals surface area contributed by atoms with Crippen LogP contribution >= 0.6 is 15.9 Å². The zero-order valence-electron chi connectivity index (χ0n) is 11.5. The molecule has 0 radical (unpaired) electrons. The summed E-state index contributed by atoms with van der Waals surface area (Å²) in [4.78, 5) is 14.8. The highest BCUT2D eigenvalue weighted by Gasteiger charge is 2.28. The Hall–Kier alpha value is -0.880. The number of nitrogen functional groups attached to an aromatic ring is 1. The van der Waals surface area contributed by atoms with Crippen molar-refractivity contribution in [3.05, 3.63) is 22.7 Å². The van der Waals surface area contributed by atoms with Crippen LogP contribution in [0.25, 0.3) is 0 Å². The molecule has 0 aromatic heterocycles. The summed E-state index contributed by atoms with van der Waals surface area (Å²) >= 11 is 3.36. The highest BCUT2D eigenvalue weighted by atomic mass is 79.9. The predicted octanol–water partition coefficient (Wildman–Crippen LogP) is 2.54. The monoisotopic (exact) mass is 358 g/mol. The van der Waals surface area contributed by atoms with E-state index >= 15 is 0 Å². The van der Waals surface area contributed by atoms with Crippen LogP contribution in [0.4, 0.5) is 5.69 Å². The number of anilines is 1. The maximum Gasteiger partial charge on any atom is 0.238 e. The van der Waals surface area contributed by atoms with Crippen molar-refractivity contribution >= 4 is 38.3 Å². The maximum atomic E-state index is 12.6. The van der Waals surface area contributed by atoms with Crippen molar-refractivity contribution in [2.45, 2.75) is 36.3 Å². The van der Waals surface area contributed by atoms with Crippen molar-refractivity contribution in [2.75, 3.05) is 18.8 Å². The normalized spacial score (nSPS) is 18.6. The molecule has 1 saturated heterocycles. The van der Waals surface area contributed by atoms with Crippen LogP contribution in [0.3, 0.4) is 0 Å². The van der Waals surface area contributed by atoms with Crippen LogP contribution in [0.1, 0.15) is 26.2 Å². The molecule has 4 nitrogen and oxygen atoms in total. The first-order chi connectivity index (χ1) is 9.50. The fourth-order valence-electron chi connectivity index (χ4n) is 2.33. The second kappa shape index (κ2) is 6.72. The molecule has 1 aliphatic heterocycles. The fraction of sp³-hybridized carbons (Fsp3) is 0.500. The average Bonchev–Trinajstić information content (AvgIpc) is 2.46. The predicted molar refractivity (Wildman–Crippen MR) is 84.9 cm³/mol. The molecule has 6 heteroatoms. The third-order valence-electron chi connectivity index (χ3n) is 3.51. The Morgan fingerprint density at radius 2 is 2.00 bits per heavy atom. The van der Waals surface area contributed by atoms with E-state index in [0.717, 1.165) is 25.9 Å². The molecule has 0 bridgehead atoms. The quantitative estimate of drug-likeness (QED) is 0.844. The number of carbonyl (C=O) groups is 1. The van der Waals surface area contributed by atoms with Crippen LogP contribution in [0.2, 0.25) is 0 Å². The summed E-state index contributed by atoms with van der Waals surface area (Å²) in [5.74, 6) is -0.0215. The van der Waals surface area contributed by atoms with E-state index in [1.807, 2.05) is 4.90 Å². The van der Waals surface area contributed by atoms with E-state index in [-0.39, 0.29) is 5.91 Å². The molecule has 1 fully saturated rings. The number of rotatable bonds is 3. The van der Waals surface area contributed by atoms with E-state index in [1.54, 1.807) is 25.1 Å². The zero-order valence-corrected chi connectivity index (χ0v) is 13.9. The second-order valence-electron chi connectivity index (χ2n) is 5.02. The maximum absolute atomic E-state index is 12.6. The zero-order chi connectivity index (χ0) is 14.7. The molecule has 0 saturated carbocycles. The molecule has 0 aliphatic carbocycles. The number of hydrogen-bond acceptors (Lipinski definition) is 3. The third kappa shape index (κ3) is 3.41. The Morgan fingerprint density at radius 1 is 1.35 bits per heavy atom. The van der Waals surface area contributed by atoms with Gasteiger partial charge in [-0.2, -0.15) is 0 Å². The Labute approximate surface area is 130 Å². The van der Waals surface area contributed by atoms with Gasteiger partial charge in [0.25, 0.3) is 0 Å². The summed E-state index contributed by atoms with van der Waals surface area (Å²) in [5.41, 5.74) is 6.28. The summed E-state index contributed by atoms with van der Waals surface area (Å²) in [6.45, 7) is 3.29.